The molecule has 0 bridgehead atoms. The second kappa shape index (κ2) is 4.54. The molecule has 1 aliphatic heterocycles. The summed E-state index contributed by atoms with van der Waals surface area (Å²) in [4.78, 5) is 2.47. The molecule has 4 heteroatoms. The average molecular weight is 228 g/mol. The van der Waals surface area contributed by atoms with Gasteiger partial charge in [-0.1, -0.05) is 0 Å². The Kier molecular flexibility index (Phi) is 3.32. The Hall–Kier alpha value is -0.540. The maximum Gasteiger partial charge on any atom is 0.0685 e. The van der Waals surface area contributed by atoms with Crippen LogP contribution in [0.3, 0.4) is 0 Å². The number of hydrogen-bond acceptors (Lipinski definition) is 2. The molecular weight excluding hydrogens is 210 g/mol. The van der Waals surface area contributed by atoms with Crippen LogP contribution in [-0.2, 0) is 20.0 Å². The lowest BCUT2D eigenvalue weighted by Gasteiger charge is -2.26. The van der Waals surface area contributed by atoms with Gasteiger partial charge in [0.1, 0.15) is 0 Å². The van der Waals surface area contributed by atoms with Gasteiger partial charge in [-0.3, -0.25) is 9.58 Å². The summed E-state index contributed by atoms with van der Waals surface area (Å²) in [5.74, 6) is 0.759. The van der Waals surface area contributed by atoms with E-state index in [0.29, 0.717) is 0 Å². The molecule has 0 unspecified atom stereocenters. The van der Waals surface area contributed by atoms with E-state index < -0.39 is 0 Å². The predicted molar refractivity (Wildman–Crippen MR) is 62.3 cm³/mol. The lowest BCUT2D eigenvalue weighted by molar-refractivity contribution is 0.254. The second-order valence-corrected chi connectivity index (χ2v) is 4.58. The molecule has 0 aromatic carbocycles. The van der Waals surface area contributed by atoms with Crippen molar-refractivity contribution < 1.29 is 0 Å². The van der Waals surface area contributed by atoms with E-state index in [0.717, 1.165) is 38.4 Å². The molecule has 0 saturated carbocycles. The fourth-order valence-electron chi connectivity index (χ4n) is 2.17. The number of hydrogen-bond donors (Lipinski definition) is 0. The maximum atomic E-state index is 5.71. The second-order valence-electron chi connectivity index (χ2n) is 4.20. The molecule has 0 amide bonds. The van der Waals surface area contributed by atoms with Crippen molar-refractivity contribution >= 4 is 11.6 Å². The van der Waals surface area contributed by atoms with Crippen LogP contribution in [0.1, 0.15) is 23.4 Å². The first-order valence-corrected chi connectivity index (χ1v) is 6.05. The Bertz CT molecular complexity index is 346. The van der Waals surface area contributed by atoms with E-state index in [4.69, 9.17) is 11.6 Å². The van der Waals surface area contributed by atoms with Crippen molar-refractivity contribution in [2.75, 3.05) is 19.0 Å². The number of alkyl halides is 1. The van der Waals surface area contributed by atoms with Crippen molar-refractivity contribution in [1.29, 1.82) is 0 Å². The van der Waals surface area contributed by atoms with Gasteiger partial charge < -0.3 is 0 Å². The molecule has 0 radical (unpaired) electrons. The molecule has 84 valence electrons. The van der Waals surface area contributed by atoms with Gasteiger partial charge in [0.2, 0.25) is 0 Å². The van der Waals surface area contributed by atoms with Crippen molar-refractivity contribution in [2.45, 2.75) is 26.3 Å². The van der Waals surface area contributed by atoms with E-state index >= 15 is 0 Å². The first kappa shape index (κ1) is 11.0. The Morgan fingerprint density at radius 2 is 2.27 bits per heavy atom. The summed E-state index contributed by atoms with van der Waals surface area (Å²) in [5, 5.41) is 4.53. The monoisotopic (exact) mass is 227 g/mol. The third kappa shape index (κ3) is 2.18. The zero-order valence-corrected chi connectivity index (χ0v) is 10.2. The lowest BCUT2D eigenvalue weighted by Crippen LogP contribution is -2.31. The molecule has 1 aliphatic rings. The van der Waals surface area contributed by atoms with Gasteiger partial charge in [0.15, 0.2) is 0 Å². The largest absolute Gasteiger partial charge is 0.299 e. The van der Waals surface area contributed by atoms with E-state index in [1.165, 1.54) is 17.0 Å². The lowest BCUT2D eigenvalue weighted by atomic mass is 10.1. The minimum absolute atomic E-state index is 0.759. The van der Waals surface area contributed by atoms with Crippen molar-refractivity contribution in [3.05, 3.63) is 17.0 Å². The van der Waals surface area contributed by atoms with Crippen LogP contribution in [0.5, 0.6) is 0 Å². The molecule has 0 saturated heterocycles. The molecule has 15 heavy (non-hydrogen) atoms. The molecule has 3 nitrogen and oxygen atoms in total. The van der Waals surface area contributed by atoms with Gasteiger partial charge in [-0.2, -0.15) is 5.10 Å². The van der Waals surface area contributed by atoms with E-state index in [2.05, 4.69) is 16.9 Å². The van der Waals surface area contributed by atoms with E-state index in [-0.39, 0.29) is 0 Å². The third-order valence-corrected chi connectivity index (χ3v) is 3.46. The van der Waals surface area contributed by atoms with Crippen molar-refractivity contribution in [3.8, 4) is 0 Å². The molecule has 2 rings (SSSR count). The van der Waals surface area contributed by atoms with Crippen LogP contribution in [0.4, 0.5) is 0 Å². The van der Waals surface area contributed by atoms with E-state index in [9.17, 15) is 0 Å². The number of rotatable bonds is 3. The number of aryl methyl sites for hydroxylation is 1. The van der Waals surface area contributed by atoms with Crippen LogP contribution in [0, 0.1) is 6.92 Å². The van der Waals surface area contributed by atoms with Gasteiger partial charge in [-0.05, 0) is 19.9 Å². The Morgan fingerprint density at radius 1 is 1.47 bits per heavy atom. The number of halogens is 1. The predicted octanol–water partition coefficient (Wildman–Crippen LogP) is 1.72. The SMILES string of the molecule is Cc1c2c(nn1C)CCN(CCCCl)C2. The molecular formula is C11H18ClN3. The highest BCUT2D eigenvalue weighted by atomic mass is 35.5. The summed E-state index contributed by atoms with van der Waals surface area (Å²) in [7, 11) is 2.02. The smallest absolute Gasteiger partial charge is 0.0685 e. The Labute approximate surface area is 96.0 Å². The van der Waals surface area contributed by atoms with Gasteiger partial charge in [-0.15, -0.1) is 11.6 Å². The zero-order chi connectivity index (χ0) is 10.8. The molecule has 0 aliphatic carbocycles. The molecule has 0 N–H and O–H groups in total. The van der Waals surface area contributed by atoms with Crippen LogP contribution >= 0.6 is 11.6 Å². The Balaban J connectivity index is 2.08. The van der Waals surface area contributed by atoms with Gasteiger partial charge in [0.25, 0.3) is 0 Å². The van der Waals surface area contributed by atoms with Gasteiger partial charge in [-0.25, -0.2) is 0 Å². The van der Waals surface area contributed by atoms with Crippen LogP contribution in [-0.4, -0.2) is 33.6 Å². The summed E-state index contributed by atoms with van der Waals surface area (Å²) in [6.45, 7) is 5.43. The third-order valence-electron chi connectivity index (χ3n) is 3.20. The summed E-state index contributed by atoms with van der Waals surface area (Å²) in [6.07, 6.45) is 2.16. The highest BCUT2D eigenvalue weighted by Crippen LogP contribution is 2.21. The molecule has 0 fully saturated rings. The van der Waals surface area contributed by atoms with Crippen LogP contribution in [0.25, 0.3) is 0 Å². The first-order chi connectivity index (χ1) is 7.22. The van der Waals surface area contributed by atoms with Gasteiger partial charge in [0, 0.05) is 43.7 Å². The van der Waals surface area contributed by atoms with Gasteiger partial charge >= 0.3 is 0 Å². The minimum Gasteiger partial charge on any atom is -0.299 e. The average Bonchev–Trinajstić information content (AvgIpc) is 2.52. The molecule has 0 spiro atoms. The molecule has 0 atom stereocenters. The van der Waals surface area contributed by atoms with Crippen LogP contribution in [0.15, 0.2) is 0 Å². The minimum atomic E-state index is 0.759. The number of aromatic nitrogens is 2. The molecule has 2 heterocycles. The summed E-state index contributed by atoms with van der Waals surface area (Å²) >= 11 is 5.71. The van der Waals surface area contributed by atoms with Crippen molar-refractivity contribution in [1.82, 2.24) is 14.7 Å². The number of fused-ring (bicyclic) bond motifs is 1. The fraction of sp³-hybridized carbons (Fsp3) is 0.727. The van der Waals surface area contributed by atoms with Crippen LogP contribution < -0.4 is 0 Å². The highest BCUT2D eigenvalue weighted by Gasteiger charge is 2.21. The summed E-state index contributed by atoms with van der Waals surface area (Å²) in [5.41, 5.74) is 4.02. The fourth-order valence-corrected chi connectivity index (χ4v) is 2.29. The Morgan fingerprint density at radius 3 is 3.00 bits per heavy atom. The van der Waals surface area contributed by atoms with E-state index in [1.54, 1.807) is 0 Å². The van der Waals surface area contributed by atoms with Crippen molar-refractivity contribution in [3.63, 3.8) is 0 Å². The topological polar surface area (TPSA) is 21.1 Å². The first-order valence-electron chi connectivity index (χ1n) is 5.52. The van der Waals surface area contributed by atoms with E-state index in [1.807, 2.05) is 11.7 Å². The molecule has 1 aromatic heterocycles. The summed E-state index contributed by atoms with van der Waals surface area (Å²) in [6, 6.07) is 0. The highest BCUT2D eigenvalue weighted by molar-refractivity contribution is 6.17. The zero-order valence-electron chi connectivity index (χ0n) is 9.46. The summed E-state index contributed by atoms with van der Waals surface area (Å²) < 4.78 is 2.00. The maximum absolute atomic E-state index is 5.71. The van der Waals surface area contributed by atoms with Crippen LogP contribution in [0.2, 0.25) is 0 Å². The standard InChI is InChI=1S/C11H18ClN3/c1-9-10-8-15(6-3-5-12)7-4-11(10)13-14(9)2/h3-8H2,1-2H3. The van der Waals surface area contributed by atoms with Crippen molar-refractivity contribution in [2.24, 2.45) is 7.05 Å². The molecule has 1 aromatic rings. The number of nitrogens with zero attached hydrogens (tertiary/aromatic N) is 3. The quantitative estimate of drug-likeness (QED) is 0.734. The normalized spacial score (nSPS) is 16.7. The van der Waals surface area contributed by atoms with Gasteiger partial charge in [0.05, 0.1) is 5.69 Å².